The van der Waals surface area contributed by atoms with Gasteiger partial charge in [0.25, 0.3) is 0 Å². The van der Waals surface area contributed by atoms with E-state index in [1.54, 1.807) is 19.1 Å². The predicted octanol–water partition coefficient (Wildman–Crippen LogP) is 7.03. The van der Waals surface area contributed by atoms with Crippen LogP contribution in [-0.4, -0.2) is 17.8 Å². The van der Waals surface area contributed by atoms with Crippen LogP contribution in [0.3, 0.4) is 0 Å². The van der Waals surface area contributed by atoms with Gasteiger partial charge in [-0.25, -0.2) is 0 Å². The summed E-state index contributed by atoms with van der Waals surface area (Å²) in [4.78, 5) is 17.7. The quantitative estimate of drug-likeness (QED) is 0.125. The van der Waals surface area contributed by atoms with Crippen molar-refractivity contribution >= 4 is 40.2 Å². The summed E-state index contributed by atoms with van der Waals surface area (Å²) in [6, 6.07) is 15.3. The molecule has 0 heterocycles. The molecule has 0 fully saturated rings. The Morgan fingerprint density at radius 2 is 1.76 bits per heavy atom. The van der Waals surface area contributed by atoms with E-state index in [0.29, 0.717) is 28.2 Å². The van der Waals surface area contributed by atoms with E-state index >= 15 is 0 Å². The molecule has 0 saturated carbocycles. The molecule has 0 saturated heterocycles. The van der Waals surface area contributed by atoms with Crippen molar-refractivity contribution in [3.8, 4) is 11.2 Å². The third-order valence-corrected chi connectivity index (χ3v) is 5.96. The maximum Gasteiger partial charge on any atom is 0.162 e. The summed E-state index contributed by atoms with van der Waals surface area (Å²) in [5.41, 5.74) is 19.1. The molecule has 4 N–H and O–H groups in total. The summed E-state index contributed by atoms with van der Waals surface area (Å²) < 4.78 is 0. The fraction of sp³-hybridized carbons (Fsp3) is 0.188. The first-order chi connectivity index (χ1) is 17.7. The average molecular weight is 510 g/mol. The number of allylic oxidation sites excluding steroid dienone is 8. The standard InChI is InChI=1S/C32H35N3OS/c1-7-8-9-11-14-22(2)30(32(34)26-15-12-10-13-16-26)23(3)35-24(4)31(25(5)36)28-17-18-29(33)27(21-28)19-20-37-6/h7-18,21-22H,1,33-34H2,2-6H3/b9-8-,14-11-,31-24+,32-30?,35-23?. The number of thioether (sulfide) groups is 1. The molecule has 0 aliphatic carbocycles. The van der Waals surface area contributed by atoms with Crippen LogP contribution in [0, 0.1) is 17.1 Å². The van der Waals surface area contributed by atoms with Crippen LogP contribution in [0.2, 0.25) is 0 Å². The Kier molecular flexibility index (Phi) is 11.5. The van der Waals surface area contributed by atoms with Crippen LogP contribution in [0.25, 0.3) is 11.3 Å². The zero-order valence-electron chi connectivity index (χ0n) is 22.2. The topological polar surface area (TPSA) is 81.5 Å². The van der Waals surface area contributed by atoms with E-state index in [0.717, 1.165) is 22.4 Å². The summed E-state index contributed by atoms with van der Waals surface area (Å²) in [5, 5.41) is 2.96. The van der Waals surface area contributed by atoms with Crippen LogP contribution in [0.1, 0.15) is 44.4 Å². The monoisotopic (exact) mass is 509 g/mol. The number of aliphatic imine (C=N–C) groups is 1. The number of nitrogen functional groups attached to an aromatic ring is 1. The minimum Gasteiger partial charge on any atom is -0.398 e. The fourth-order valence-electron chi connectivity index (χ4n) is 3.97. The Labute approximate surface area is 225 Å². The Morgan fingerprint density at radius 1 is 1.05 bits per heavy atom. The summed E-state index contributed by atoms with van der Waals surface area (Å²) >= 11 is 1.41. The number of carbonyl (C=O) groups excluding carboxylic acids is 1. The van der Waals surface area contributed by atoms with E-state index < -0.39 is 0 Å². The molecule has 0 aliphatic rings. The molecule has 1 atom stereocenters. The van der Waals surface area contributed by atoms with Crippen LogP contribution < -0.4 is 11.5 Å². The van der Waals surface area contributed by atoms with Crippen molar-refractivity contribution in [3.63, 3.8) is 0 Å². The van der Waals surface area contributed by atoms with Crippen molar-refractivity contribution in [1.29, 1.82) is 0 Å². The van der Waals surface area contributed by atoms with Gasteiger partial charge in [0.2, 0.25) is 0 Å². The smallest absolute Gasteiger partial charge is 0.162 e. The van der Waals surface area contributed by atoms with Crippen molar-refractivity contribution < 1.29 is 4.79 Å². The Hall–Kier alpha value is -4.01. The zero-order chi connectivity index (χ0) is 27.4. The third-order valence-electron chi connectivity index (χ3n) is 5.66. The SMILES string of the molecule is C=C/C=C\C=C/C(C)C(C(C)=N/C(C)=C(\C(C)=O)c1ccc(N)c(C#CSC)c1)=C(N)c1ccccc1. The van der Waals surface area contributed by atoms with Crippen LogP contribution >= 0.6 is 11.8 Å². The molecule has 0 amide bonds. The molecule has 0 radical (unpaired) electrons. The predicted molar refractivity (Wildman–Crippen MR) is 163 cm³/mol. The minimum absolute atomic E-state index is 0.0306. The van der Waals surface area contributed by atoms with Gasteiger partial charge in [0.05, 0.1) is 0 Å². The van der Waals surface area contributed by atoms with Crippen molar-refractivity contribution in [2.45, 2.75) is 27.7 Å². The van der Waals surface area contributed by atoms with Gasteiger partial charge in [-0.1, -0.05) is 98.0 Å². The molecular formula is C32H35N3OS. The first kappa shape index (κ1) is 29.2. The molecule has 0 aromatic heterocycles. The van der Waals surface area contributed by atoms with E-state index in [9.17, 15) is 4.79 Å². The van der Waals surface area contributed by atoms with Crippen LogP contribution in [-0.2, 0) is 4.79 Å². The van der Waals surface area contributed by atoms with Crippen molar-refractivity contribution in [2.75, 3.05) is 12.0 Å². The van der Waals surface area contributed by atoms with Gasteiger partial charge in [0.15, 0.2) is 5.78 Å². The molecule has 2 rings (SSSR count). The Balaban J connectivity index is 2.70. The van der Waals surface area contributed by atoms with Gasteiger partial charge in [0, 0.05) is 45.4 Å². The average Bonchev–Trinajstić information content (AvgIpc) is 2.87. The number of benzene rings is 2. The number of Topliss-reactive ketones (excluding diaryl/α,β-unsaturated/α-hetero) is 1. The highest BCUT2D eigenvalue weighted by molar-refractivity contribution is 8.03. The zero-order valence-corrected chi connectivity index (χ0v) is 23.0. The minimum atomic E-state index is -0.0911. The molecule has 37 heavy (non-hydrogen) atoms. The van der Waals surface area contributed by atoms with Crippen molar-refractivity contribution in [3.05, 3.63) is 113 Å². The maximum atomic E-state index is 12.8. The molecule has 0 spiro atoms. The lowest BCUT2D eigenvalue weighted by Gasteiger charge is -2.18. The molecule has 2 aromatic carbocycles. The summed E-state index contributed by atoms with van der Waals surface area (Å²) in [6.07, 6.45) is 11.4. The summed E-state index contributed by atoms with van der Waals surface area (Å²) in [7, 11) is 0. The number of nitrogens with two attached hydrogens (primary N) is 2. The number of ketones is 1. The van der Waals surface area contributed by atoms with Gasteiger partial charge in [-0.2, -0.15) is 0 Å². The van der Waals surface area contributed by atoms with E-state index in [1.165, 1.54) is 11.8 Å². The Bertz CT molecular complexity index is 1350. The molecule has 2 aromatic rings. The highest BCUT2D eigenvalue weighted by atomic mass is 32.2. The van der Waals surface area contributed by atoms with E-state index in [-0.39, 0.29) is 11.7 Å². The van der Waals surface area contributed by atoms with Gasteiger partial charge < -0.3 is 11.5 Å². The van der Waals surface area contributed by atoms with Gasteiger partial charge >= 0.3 is 0 Å². The normalized spacial score (nSPS) is 14.0. The molecule has 1 unspecified atom stereocenters. The number of nitrogens with zero attached hydrogens (tertiary/aromatic N) is 1. The van der Waals surface area contributed by atoms with Crippen LogP contribution in [0.5, 0.6) is 0 Å². The molecule has 0 bridgehead atoms. The fourth-order valence-corrected chi connectivity index (χ4v) is 4.19. The highest BCUT2D eigenvalue weighted by Crippen LogP contribution is 2.27. The van der Waals surface area contributed by atoms with E-state index in [2.05, 4.69) is 30.8 Å². The van der Waals surface area contributed by atoms with E-state index in [1.807, 2.05) is 80.8 Å². The number of carbonyl (C=O) groups is 1. The highest BCUT2D eigenvalue weighted by Gasteiger charge is 2.17. The Morgan fingerprint density at radius 3 is 2.38 bits per heavy atom. The number of rotatable bonds is 9. The molecular weight excluding hydrogens is 474 g/mol. The van der Waals surface area contributed by atoms with E-state index in [4.69, 9.17) is 16.5 Å². The third kappa shape index (κ3) is 8.27. The molecule has 4 nitrogen and oxygen atoms in total. The largest absolute Gasteiger partial charge is 0.398 e. The molecule has 0 aliphatic heterocycles. The van der Waals surface area contributed by atoms with Crippen LogP contribution in [0.15, 0.2) is 102 Å². The lowest BCUT2D eigenvalue weighted by molar-refractivity contribution is -0.111. The van der Waals surface area contributed by atoms with Crippen molar-refractivity contribution in [1.82, 2.24) is 0 Å². The number of anilines is 1. The maximum absolute atomic E-state index is 12.8. The first-order valence-electron chi connectivity index (χ1n) is 11.9. The summed E-state index contributed by atoms with van der Waals surface area (Å²) in [5.74, 6) is 2.92. The molecule has 190 valence electrons. The van der Waals surface area contributed by atoms with Gasteiger partial charge in [-0.05, 0) is 55.5 Å². The van der Waals surface area contributed by atoms with Gasteiger partial charge in [-0.3, -0.25) is 9.79 Å². The molecule has 5 heteroatoms. The second-order valence-electron chi connectivity index (χ2n) is 8.43. The number of hydrogen-bond acceptors (Lipinski definition) is 5. The van der Waals surface area contributed by atoms with Crippen LogP contribution in [0.4, 0.5) is 5.69 Å². The second-order valence-corrected chi connectivity index (χ2v) is 9.05. The lowest BCUT2D eigenvalue weighted by atomic mass is 9.91. The van der Waals surface area contributed by atoms with Crippen molar-refractivity contribution in [2.24, 2.45) is 16.6 Å². The summed E-state index contributed by atoms with van der Waals surface area (Å²) in [6.45, 7) is 11.1. The number of hydrogen-bond donors (Lipinski definition) is 2. The lowest BCUT2D eigenvalue weighted by Crippen LogP contribution is -2.14. The van der Waals surface area contributed by atoms with Gasteiger partial charge in [-0.15, -0.1) is 0 Å². The second kappa shape index (κ2) is 14.5. The first-order valence-corrected chi connectivity index (χ1v) is 13.2. The van der Waals surface area contributed by atoms with Gasteiger partial charge in [0.1, 0.15) is 0 Å².